The Labute approximate surface area is 199 Å². The number of nitrogens with zero attached hydrogens (tertiary/aromatic N) is 3. The molecule has 1 saturated carbocycles. The fraction of sp³-hybridized carbons (Fsp3) is 0.320. The van der Waals surface area contributed by atoms with Crippen molar-refractivity contribution in [1.82, 2.24) is 10.2 Å². The highest BCUT2D eigenvalue weighted by molar-refractivity contribution is 7.80. The number of anilines is 1. The van der Waals surface area contributed by atoms with Gasteiger partial charge in [0, 0.05) is 35.8 Å². The van der Waals surface area contributed by atoms with Crippen molar-refractivity contribution in [2.24, 2.45) is 4.99 Å². The van der Waals surface area contributed by atoms with E-state index < -0.39 is 6.17 Å². The van der Waals surface area contributed by atoms with Gasteiger partial charge in [-0.3, -0.25) is 4.79 Å². The summed E-state index contributed by atoms with van der Waals surface area (Å²) in [7, 11) is 1.76. The third kappa shape index (κ3) is 4.57. The van der Waals surface area contributed by atoms with Gasteiger partial charge in [0.25, 0.3) is 5.91 Å². The number of aliphatic imine (C=N–C) groups is 1. The van der Waals surface area contributed by atoms with Crippen molar-refractivity contribution in [3.63, 3.8) is 0 Å². The van der Waals surface area contributed by atoms with E-state index in [0.717, 1.165) is 29.7 Å². The quantitative estimate of drug-likeness (QED) is 0.508. The minimum atomic E-state index is -0.845. The number of carbonyl (C=O) groups excluding carboxylic acids is 1. The molecule has 4 rings (SSSR count). The third-order valence-electron chi connectivity index (χ3n) is 6.06. The first-order valence-electron chi connectivity index (χ1n) is 10.9. The summed E-state index contributed by atoms with van der Waals surface area (Å²) in [5, 5.41) is 4.37. The maximum absolute atomic E-state index is 13.4. The predicted octanol–water partition coefficient (Wildman–Crippen LogP) is 4.79. The first-order chi connectivity index (χ1) is 15.5. The van der Waals surface area contributed by atoms with Crippen molar-refractivity contribution in [2.45, 2.75) is 37.9 Å². The van der Waals surface area contributed by atoms with Gasteiger partial charge in [0.2, 0.25) is 6.17 Å². The normalized spacial score (nSPS) is 18.6. The summed E-state index contributed by atoms with van der Waals surface area (Å²) in [6.45, 7) is 4.52. The number of hydrogen-bond acceptors (Lipinski definition) is 3. The summed E-state index contributed by atoms with van der Waals surface area (Å²) in [6.07, 6.45) is 5.58. The average Bonchev–Trinajstić information content (AvgIpc) is 3.31. The Balaban J connectivity index is 1.73. The zero-order chi connectivity index (χ0) is 22.7. The Bertz CT molecular complexity index is 1050. The molecule has 2 aliphatic rings. The van der Waals surface area contributed by atoms with E-state index in [2.05, 4.69) is 16.8 Å². The highest BCUT2D eigenvalue weighted by Crippen LogP contribution is 2.30. The van der Waals surface area contributed by atoms with Gasteiger partial charge in [-0.2, -0.15) is 0 Å². The molecule has 1 unspecified atom stereocenters. The summed E-state index contributed by atoms with van der Waals surface area (Å²) in [5.41, 5.74) is 3.19. The number of likely N-dealkylation sites (N-methyl/N-ethyl adjacent to an activating group) is 1. The number of hydrogen-bond donors (Lipinski definition) is 1. The Morgan fingerprint density at radius 1 is 1.28 bits per heavy atom. The summed E-state index contributed by atoms with van der Waals surface area (Å²) in [5.74, 6) is -0.174. The van der Waals surface area contributed by atoms with E-state index in [0.29, 0.717) is 28.4 Å². The van der Waals surface area contributed by atoms with Crippen LogP contribution in [0.3, 0.4) is 0 Å². The molecule has 0 saturated heterocycles. The van der Waals surface area contributed by atoms with E-state index in [1.165, 1.54) is 12.8 Å². The molecule has 32 heavy (non-hydrogen) atoms. The van der Waals surface area contributed by atoms with Crippen molar-refractivity contribution in [1.29, 1.82) is 0 Å². The van der Waals surface area contributed by atoms with Crippen LogP contribution in [0.2, 0.25) is 5.02 Å². The van der Waals surface area contributed by atoms with Gasteiger partial charge in [0.1, 0.15) is 0 Å². The molecular formula is C25H27ClN4OS. The largest absolute Gasteiger partial charge is 0.343 e. The van der Waals surface area contributed by atoms with Crippen molar-refractivity contribution in [3.05, 3.63) is 77.3 Å². The fourth-order valence-corrected chi connectivity index (χ4v) is 4.93. The van der Waals surface area contributed by atoms with Crippen LogP contribution in [0.1, 0.15) is 36.8 Å². The van der Waals surface area contributed by atoms with Crippen LogP contribution in [0.5, 0.6) is 0 Å². The van der Waals surface area contributed by atoms with Crippen LogP contribution in [-0.2, 0) is 4.79 Å². The molecule has 2 aromatic carbocycles. The Morgan fingerprint density at radius 2 is 2.00 bits per heavy atom. The van der Waals surface area contributed by atoms with Crippen LogP contribution in [0.25, 0.3) is 0 Å². The lowest BCUT2D eigenvalue weighted by atomic mass is 10.0. The predicted molar refractivity (Wildman–Crippen MR) is 136 cm³/mol. The van der Waals surface area contributed by atoms with E-state index in [1.54, 1.807) is 18.0 Å². The second-order valence-electron chi connectivity index (χ2n) is 8.13. The van der Waals surface area contributed by atoms with Gasteiger partial charge in [0.15, 0.2) is 5.11 Å². The second kappa shape index (κ2) is 9.84. The van der Waals surface area contributed by atoms with Gasteiger partial charge in [-0.25, -0.2) is 4.99 Å². The minimum Gasteiger partial charge on any atom is -0.343 e. The second-order valence-corrected chi connectivity index (χ2v) is 8.96. The van der Waals surface area contributed by atoms with Crippen molar-refractivity contribution < 1.29 is 4.79 Å². The molecule has 0 bridgehead atoms. The lowest BCUT2D eigenvalue weighted by Crippen LogP contribution is -2.52. The average molecular weight is 467 g/mol. The van der Waals surface area contributed by atoms with E-state index >= 15 is 0 Å². The SMILES string of the molecule is C=CCN(C(=S)NC1N=C(c2ccccc2)c2cc(Cl)ccc2N(C)C1=O)C1CCCC1. The molecule has 1 N–H and O–H groups in total. The zero-order valence-corrected chi connectivity index (χ0v) is 19.7. The molecule has 7 heteroatoms. The van der Waals surface area contributed by atoms with Crippen molar-refractivity contribution in [2.75, 3.05) is 18.5 Å². The highest BCUT2D eigenvalue weighted by Gasteiger charge is 2.32. The van der Waals surface area contributed by atoms with Gasteiger partial charge < -0.3 is 15.1 Å². The number of benzodiazepines with no additional fused rings is 1. The summed E-state index contributed by atoms with van der Waals surface area (Å²) in [6, 6.07) is 15.7. The molecule has 1 amide bonds. The number of nitrogens with one attached hydrogen (secondary N) is 1. The number of thiocarbonyl (C=S) groups is 1. The van der Waals surface area contributed by atoms with Crippen molar-refractivity contribution >= 4 is 46.2 Å². The summed E-state index contributed by atoms with van der Waals surface area (Å²) >= 11 is 12.1. The molecule has 1 atom stereocenters. The molecule has 1 fully saturated rings. The van der Waals surface area contributed by atoms with E-state index in [9.17, 15) is 4.79 Å². The lowest BCUT2D eigenvalue weighted by molar-refractivity contribution is -0.119. The van der Waals surface area contributed by atoms with Crippen LogP contribution in [0.4, 0.5) is 5.69 Å². The first kappa shape index (κ1) is 22.5. The Kier molecular flexibility index (Phi) is 6.92. The lowest BCUT2D eigenvalue weighted by Gasteiger charge is -2.32. The van der Waals surface area contributed by atoms with E-state index in [1.807, 2.05) is 48.5 Å². The van der Waals surface area contributed by atoms with Gasteiger partial charge in [-0.1, -0.05) is 60.9 Å². The Morgan fingerprint density at radius 3 is 2.69 bits per heavy atom. The van der Waals surface area contributed by atoms with Crippen LogP contribution >= 0.6 is 23.8 Å². The van der Waals surface area contributed by atoms with Crippen LogP contribution in [0.15, 0.2) is 66.2 Å². The number of amides is 1. The fourth-order valence-electron chi connectivity index (χ4n) is 4.42. The molecule has 1 aliphatic carbocycles. The van der Waals surface area contributed by atoms with Crippen molar-refractivity contribution in [3.8, 4) is 0 Å². The monoisotopic (exact) mass is 466 g/mol. The van der Waals surface area contributed by atoms with E-state index in [-0.39, 0.29) is 5.91 Å². The zero-order valence-electron chi connectivity index (χ0n) is 18.1. The maximum atomic E-state index is 13.4. The number of halogens is 1. The van der Waals surface area contributed by atoms with Crippen LogP contribution in [-0.4, -0.2) is 47.4 Å². The molecular weight excluding hydrogens is 440 g/mol. The topological polar surface area (TPSA) is 47.9 Å². The van der Waals surface area contributed by atoms with Gasteiger partial charge >= 0.3 is 0 Å². The molecule has 1 aliphatic heterocycles. The molecule has 5 nitrogen and oxygen atoms in total. The maximum Gasteiger partial charge on any atom is 0.272 e. The van der Waals surface area contributed by atoms with Gasteiger partial charge in [-0.15, -0.1) is 6.58 Å². The first-order valence-corrected chi connectivity index (χ1v) is 11.7. The highest BCUT2D eigenvalue weighted by atomic mass is 35.5. The third-order valence-corrected chi connectivity index (χ3v) is 6.64. The Hall–Kier alpha value is -2.70. The molecule has 166 valence electrons. The van der Waals surface area contributed by atoms with Crippen LogP contribution in [0, 0.1) is 0 Å². The van der Waals surface area contributed by atoms with E-state index in [4.69, 9.17) is 28.8 Å². The van der Waals surface area contributed by atoms with Gasteiger partial charge in [0.05, 0.1) is 11.4 Å². The molecule has 1 heterocycles. The number of fused-ring (bicyclic) bond motifs is 1. The smallest absolute Gasteiger partial charge is 0.272 e. The molecule has 0 aromatic heterocycles. The molecule has 2 aromatic rings. The number of rotatable bonds is 5. The number of carbonyl (C=O) groups is 1. The molecule has 0 spiro atoms. The number of benzene rings is 2. The van der Waals surface area contributed by atoms with Crippen LogP contribution < -0.4 is 10.2 Å². The minimum absolute atomic E-state index is 0.174. The summed E-state index contributed by atoms with van der Waals surface area (Å²) in [4.78, 5) is 22.1. The standard InChI is InChI=1S/C25H27ClN4OS/c1-3-15-30(19-11-7-8-12-19)25(32)28-23-24(31)29(2)21-14-13-18(26)16-20(21)22(27-23)17-9-5-4-6-10-17/h3-6,9-10,13-14,16,19,23H,1,7-8,11-12,15H2,2H3,(H,28,32). The molecule has 0 radical (unpaired) electrons. The van der Waals surface area contributed by atoms with Gasteiger partial charge in [-0.05, 0) is 43.3 Å². The summed E-state index contributed by atoms with van der Waals surface area (Å²) < 4.78 is 0.